The molecular weight excluding hydrogens is 359 g/mol. The third-order valence-corrected chi connectivity index (χ3v) is 5.65. The molecule has 1 heterocycles. The number of ether oxygens (including phenoxy) is 2. The smallest absolute Gasteiger partial charge is 0.227 e. The molecule has 3 unspecified atom stereocenters. The van der Waals surface area contributed by atoms with Gasteiger partial charge >= 0.3 is 0 Å². The Labute approximate surface area is 159 Å². The number of nitrogens with zero attached hydrogens (tertiary/aromatic N) is 1. The number of nitrogens with one attached hydrogen (secondary N) is 1. The Balaban J connectivity index is 1.93. The second kappa shape index (κ2) is 8.38. The first-order valence-corrected chi connectivity index (χ1v) is 10.0. The van der Waals surface area contributed by atoms with E-state index in [-0.39, 0.29) is 42.3 Å². The Morgan fingerprint density at radius 2 is 2.08 bits per heavy atom. The molecule has 3 atom stereocenters. The maximum absolute atomic E-state index is 13.2. The number of allylic oxidation sites excluding steroid dienone is 1. The topological polar surface area (TPSA) is 50.8 Å². The molecular formula is C19H28ClFN2O3. The molecule has 2 fully saturated rings. The molecule has 1 saturated heterocycles. The van der Waals surface area contributed by atoms with Crippen molar-refractivity contribution in [3.63, 3.8) is 0 Å². The van der Waals surface area contributed by atoms with Crippen molar-refractivity contribution in [1.82, 2.24) is 10.2 Å². The first kappa shape index (κ1) is 19.8. The highest BCUT2D eigenvalue weighted by Crippen LogP contribution is 2.46. The minimum atomic E-state index is -0.953. The lowest BCUT2D eigenvalue weighted by atomic mass is 9.88. The van der Waals surface area contributed by atoms with E-state index in [1.807, 2.05) is 37.0 Å². The second-order valence-electron chi connectivity index (χ2n) is 6.95. The first-order chi connectivity index (χ1) is 12.6. The second-order valence-corrected chi connectivity index (χ2v) is 7.25. The molecule has 0 bridgehead atoms. The van der Waals surface area contributed by atoms with E-state index in [0.717, 1.165) is 18.5 Å². The monoisotopic (exact) mass is 386 g/mol. The van der Waals surface area contributed by atoms with E-state index in [1.165, 1.54) is 0 Å². The summed E-state index contributed by atoms with van der Waals surface area (Å²) in [4.78, 5) is 14.2. The quantitative estimate of drug-likeness (QED) is 0.489. The van der Waals surface area contributed by atoms with E-state index in [4.69, 9.17) is 21.1 Å². The average molecular weight is 387 g/mol. The van der Waals surface area contributed by atoms with Crippen LogP contribution in [-0.4, -0.2) is 61.0 Å². The predicted octanol–water partition coefficient (Wildman–Crippen LogP) is 2.61. The third kappa shape index (κ3) is 3.57. The molecule has 1 saturated carbocycles. The van der Waals surface area contributed by atoms with Crippen LogP contribution in [0.5, 0.6) is 0 Å². The molecule has 1 aliphatic heterocycles. The van der Waals surface area contributed by atoms with Gasteiger partial charge in [0.2, 0.25) is 5.91 Å². The summed E-state index contributed by atoms with van der Waals surface area (Å²) in [6, 6.07) is -0.344. The van der Waals surface area contributed by atoms with Gasteiger partial charge in [0.05, 0.1) is 12.0 Å². The van der Waals surface area contributed by atoms with Crippen molar-refractivity contribution in [3.8, 4) is 0 Å². The summed E-state index contributed by atoms with van der Waals surface area (Å²) in [6.45, 7) is 4.55. The highest BCUT2D eigenvalue weighted by Gasteiger charge is 2.60. The van der Waals surface area contributed by atoms with Gasteiger partial charge in [-0.25, -0.2) is 4.39 Å². The van der Waals surface area contributed by atoms with Crippen LogP contribution in [0.15, 0.2) is 23.9 Å². The van der Waals surface area contributed by atoms with Gasteiger partial charge in [0.1, 0.15) is 6.67 Å². The number of alkyl halides is 2. The van der Waals surface area contributed by atoms with E-state index in [9.17, 15) is 9.18 Å². The summed E-state index contributed by atoms with van der Waals surface area (Å²) in [5, 5.41) is 2.99. The molecule has 26 heavy (non-hydrogen) atoms. The van der Waals surface area contributed by atoms with Crippen LogP contribution in [0, 0.1) is 11.8 Å². The van der Waals surface area contributed by atoms with Crippen LogP contribution in [0.4, 0.5) is 4.39 Å². The minimum Gasteiger partial charge on any atom is -0.348 e. The number of rotatable bonds is 9. The van der Waals surface area contributed by atoms with E-state index < -0.39 is 12.5 Å². The van der Waals surface area contributed by atoms with Crippen LogP contribution >= 0.6 is 11.6 Å². The largest absolute Gasteiger partial charge is 0.348 e. The number of carbonyl (C=O) groups is 1. The molecule has 3 aliphatic rings. The van der Waals surface area contributed by atoms with E-state index in [0.29, 0.717) is 13.2 Å². The zero-order valence-corrected chi connectivity index (χ0v) is 16.2. The fraction of sp³-hybridized carbons (Fsp3) is 0.737. The lowest BCUT2D eigenvalue weighted by Crippen LogP contribution is -2.53. The van der Waals surface area contributed by atoms with E-state index >= 15 is 0 Å². The van der Waals surface area contributed by atoms with Crippen LogP contribution in [0.1, 0.15) is 26.7 Å². The van der Waals surface area contributed by atoms with Gasteiger partial charge in [0, 0.05) is 43.3 Å². The molecule has 3 rings (SSSR count). The predicted molar refractivity (Wildman–Crippen MR) is 98.5 cm³/mol. The number of carbonyl (C=O) groups excluding carboxylic acids is 1. The molecule has 0 radical (unpaired) electrons. The van der Waals surface area contributed by atoms with Crippen LogP contribution in [0.25, 0.3) is 0 Å². The lowest BCUT2D eigenvalue weighted by molar-refractivity contribution is -0.255. The minimum absolute atomic E-state index is 0.0604. The number of fused-ring (bicyclic) bond motifs is 1. The molecule has 146 valence electrons. The highest BCUT2D eigenvalue weighted by atomic mass is 35.5. The van der Waals surface area contributed by atoms with Crippen molar-refractivity contribution >= 4 is 17.5 Å². The third-order valence-electron chi connectivity index (χ3n) is 5.36. The Kier molecular flexibility index (Phi) is 6.38. The van der Waals surface area contributed by atoms with Gasteiger partial charge in [0.25, 0.3) is 0 Å². The summed E-state index contributed by atoms with van der Waals surface area (Å²) in [5.41, 5.74) is 0.752. The summed E-state index contributed by atoms with van der Waals surface area (Å²) in [5.74, 6) is -0.653. The van der Waals surface area contributed by atoms with E-state index in [1.54, 1.807) is 0 Å². The molecule has 0 spiro atoms. The molecule has 0 aromatic carbocycles. The van der Waals surface area contributed by atoms with Gasteiger partial charge in [-0.2, -0.15) is 0 Å². The Bertz CT molecular complexity index is 573. The number of hydrogen-bond donors (Lipinski definition) is 1. The van der Waals surface area contributed by atoms with Crippen LogP contribution < -0.4 is 5.32 Å². The van der Waals surface area contributed by atoms with Gasteiger partial charge in [0.15, 0.2) is 5.79 Å². The summed E-state index contributed by atoms with van der Waals surface area (Å²) in [7, 11) is 0. The summed E-state index contributed by atoms with van der Waals surface area (Å²) < 4.78 is 25.5. The van der Waals surface area contributed by atoms with Crippen LogP contribution in [0.3, 0.4) is 0 Å². The van der Waals surface area contributed by atoms with Gasteiger partial charge in [-0.15, -0.1) is 11.6 Å². The van der Waals surface area contributed by atoms with Crippen molar-refractivity contribution in [2.45, 2.75) is 44.6 Å². The molecule has 1 amide bonds. The number of halogens is 2. The Morgan fingerprint density at radius 3 is 2.62 bits per heavy atom. The Hall–Kier alpha value is -0.950. The maximum atomic E-state index is 13.2. The zero-order valence-electron chi connectivity index (χ0n) is 15.4. The van der Waals surface area contributed by atoms with Gasteiger partial charge in [-0.3, -0.25) is 9.69 Å². The van der Waals surface area contributed by atoms with Crippen molar-refractivity contribution in [2.24, 2.45) is 11.8 Å². The fourth-order valence-corrected chi connectivity index (χ4v) is 4.54. The molecule has 5 nitrogen and oxygen atoms in total. The molecule has 1 N–H and O–H groups in total. The number of likely N-dealkylation sites (tertiary alicyclic amines) is 1. The highest BCUT2D eigenvalue weighted by molar-refractivity contribution is 6.18. The van der Waals surface area contributed by atoms with Crippen LogP contribution in [0.2, 0.25) is 0 Å². The molecule has 7 heteroatoms. The molecule has 0 aromatic heterocycles. The lowest BCUT2D eigenvalue weighted by Gasteiger charge is -2.38. The SMILES string of the molecule is CCOC1(OCC)C2C=C(NC(=O)C3CC3)C=CC2N(CCF)C1CCl. The van der Waals surface area contributed by atoms with Crippen LogP contribution in [-0.2, 0) is 14.3 Å². The summed E-state index contributed by atoms with van der Waals surface area (Å²) >= 11 is 6.29. The van der Waals surface area contributed by atoms with Gasteiger partial charge in [-0.05, 0) is 32.8 Å². The fourth-order valence-electron chi connectivity index (χ4n) is 4.15. The van der Waals surface area contributed by atoms with Gasteiger partial charge < -0.3 is 14.8 Å². The van der Waals surface area contributed by atoms with Gasteiger partial charge in [-0.1, -0.05) is 12.2 Å². The normalized spacial score (nSPS) is 30.2. The number of amides is 1. The summed E-state index contributed by atoms with van der Waals surface area (Å²) in [6.07, 6.45) is 7.80. The van der Waals surface area contributed by atoms with Crippen molar-refractivity contribution in [1.29, 1.82) is 0 Å². The van der Waals surface area contributed by atoms with Crippen molar-refractivity contribution in [3.05, 3.63) is 23.9 Å². The Morgan fingerprint density at radius 1 is 1.38 bits per heavy atom. The standard InChI is InChI=1S/C19H28ClFN2O3/c1-3-25-19(26-4-2)15-11-14(22-18(24)13-5-6-13)7-8-16(15)23(10-9-21)17(19)12-20/h7-8,11,13,15-17H,3-6,9-10,12H2,1-2H3,(H,22,24). The number of hydrogen-bond acceptors (Lipinski definition) is 4. The molecule has 2 aliphatic carbocycles. The average Bonchev–Trinajstić information content (AvgIpc) is 3.44. The van der Waals surface area contributed by atoms with E-state index in [2.05, 4.69) is 5.32 Å². The van der Waals surface area contributed by atoms with Crippen molar-refractivity contribution < 1.29 is 18.7 Å². The zero-order chi connectivity index (χ0) is 18.7. The molecule has 0 aromatic rings. The first-order valence-electron chi connectivity index (χ1n) is 9.47. The van der Waals surface area contributed by atoms with Crippen molar-refractivity contribution in [2.75, 3.05) is 32.3 Å². The maximum Gasteiger partial charge on any atom is 0.227 e.